The molecule has 0 amide bonds. The molecule has 0 unspecified atom stereocenters. The predicted molar refractivity (Wildman–Crippen MR) is 70.7 cm³/mol. The third kappa shape index (κ3) is 2.96. The van der Waals surface area contributed by atoms with Crippen LogP contribution in [0.2, 0.25) is 0 Å². The molecule has 0 spiro atoms. The van der Waals surface area contributed by atoms with Crippen molar-refractivity contribution < 1.29 is 35.2 Å². The maximum atomic E-state index is 14.4. The second-order valence-electron chi connectivity index (χ2n) is 5.62. The van der Waals surface area contributed by atoms with Crippen molar-refractivity contribution in [3.05, 3.63) is 11.4 Å². The van der Waals surface area contributed by atoms with Crippen molar-refractivity contribution >= 4 is 14.9 Å². The number of hydrogen-bond donors (Lipinski definition) is 0. The highest BCUT2D eigenvalue weighted by molar-refractivity contribution is 8.06. The molecule has 0 bridgehead atoms. The second-order valence-corrected chi connectivity index (χ2v) is 7.61. The Labute approximate surface area is 133 Å². The lowest BCUT2D eigenvalue weighted by molar-refractivity contribution is -0.144. The Kier molecular flexibility index (Phi) is 4.14. The van der Waals surface area contributed by atoms with E-state index < -0.39 is 49.7 Å². The van der Waals surface area contributed by atoms with Crippen molar-refractivity contribution in [1.29, 1.82) is 0 Å². The van der Waals surface area contributed by atoms with Crippen LogP contribution in [-0.4, -0.2) is 34.1 Å². The standard InChI is InChI=1S/C11H13F5N4O3S/c1-4-20-17-7(10(12,13)14)8(18-20)11(15,16)24(21,22)6-5-9(2,3)23-19-6/h4-5H2,1-3H3. The Balaban J connectivity index is 2.57. The van der Waals surface area contributed by atoms with Gasteiger partial charge >= 0.3 is 11.4 Å². The average Bonchev–Trinajstić information content (AvgIpc) is 3.01. The zero-order valence-electron chi connectivity index (χ0n) is 12.7. The highest BCUT2D eigenvalue weighted by Gasteiger charge is 2.59. The fraction of sp³-hybridized carbons (Fsp3) is 0.727. The third-order valence-corrected chi connectivity index (χ3v) is 4.81. The third-order valence-electron chi connectivity index (χ3n) is 3.10. The fourth-order valence-corrected chi connectivity index (χ4v) is 3.26. The van der Waals surface area contributed by atoms with E-state index in [9.17, 15) is 30.4 Å². The summed E-state index contributed by atoms with van der Waals surface area (Å²) in [6.45, 7) is 3.85. The van der Waals surface area contributed by atoms with Gasteiger partial charge in [-0.05, 0) is 20.8 Å². The Hall–Kier alpha value is -1.79. The van der Waals surface area contributed by atoms with E-state index in [2.05, 4.69) is 15.4 Å². The highest BCUT2D eigenvalue weighted by atomic mass is 32.2. The van der Waals surface area contributed by atoms with Gasteiger partial charge in [0.1, 0.15) is 5.60 Å². The number of sulfone groups is 1. The molecule has 2 rings (SSSR count). The topological polar surface area (TPSA) is 86.4 Å². The SMILES string of the molecule is CCn1nc(C(F)(F)F)c(C(F)(F)S(=O)(=O)C2=NOC(C)(C)C2)n1. The minimum absolute atomic E-state index is 0.254. The van der Waals surface area contributed by atoms with E-state index in [-0.39, 0.29) is 6.54 Å². The molecule has 13 heteroatoms. The number of alkyl halides is 5. The Morgan fingerprint density at radius 3 is 2.12 bits per heavy atom. The summed E-state index contributed by atoms with van der Waals surface area (Å²) in [5.41, 5.74) is -5.20. The van der Waals surface area contributed by atoms with Gasteiger partial charge in [-0.25, -0.2) is 8.42 Å². The van der Waals surface area contributed by atoms with Crippen molar-refractivity contribution in [3.63, 3.8) is 0 Å². The molecular weight excluding hydrogens is 363 g/mol. The van der Waals surface area contributed by atoms with Gasteiger partial charge < -0.3 is 4.84 Å². The van der Waals surface area contributed by atoms with Crippen LogP contribution in [0, 0.1) is 0 Å². The summed E-state index contributed by atoms with van der Waals surface area (Å²) in [5, 5.41) is 2.98. The molecule has 2 heterocycles. The van der Waals surface area contributed by atoms with Gasteiger partial charge in [0.2, 0.25) is 0 Å². The maximum absolute atomic E-state index is 14.4. The zero-order valence-corrected chi connectivity index (χ0v) is 13.5. The first kappa shape index (κ1) is 18.5. The molecule has 0 atom stereocenters. The molecule has 0 N–H and O–H groups in total. The zero-order chi connectivity index (χ0) is 18.6. The molecule has 0 aliphatic carbocycles. The van der Waals surface area contributed by atoms with Crippen LogP contribution in [0.3, 0.4) is 0 Å². The smallest absolute Gasteiger partial charge is 0.389 e. The number of aromatic nitrogens is 3. The number of aryl methyl sites for hydroxylation is 1. The molecule has 7 nitrogen and oxygen atoms in total. The van der Waals surface area contributed by atoms with Crippen LogP contribution in [0.4, 0.5) is 22.0 Å². The maximum Gasteiger partial charge on any atom is 0.437 e. The van der Waals surface area contributed by atoms with E-state index in [1.54, 1.807) is 0 Å². The van der Waals surface area contributed by atoms with Crippen molar-refractivity contribution in [2.24, 2.45) is 5.16 Å². The summed E-state index contributed by atoms with van der Waals surface area (Å²) in [7, 11) is -5.56. The van der Waals surface area contributed by atoms with Gasteiger partial charge in [-0.15, -0.1) is 5.10 Å². The molecule has 0 radical (unpaired) electrons. The first-order chi connectivity index (χ1) is 10.7. The van der Waals surface area contributed by atoms with Crippen LogP contribution >= 0.6 is 0 Å². The highest BCUT2D eigenvalue weighted by Crippen LogP contribution is 2.42. The number of nitrogens with zero attached hydrogens (tertiary/aromatic N) is 4. The first-order valence-corrected chi connectivity index (χ1v) is 8.11. The molecule has 1 aromatic heterocycles. The molecule has 0 saturated heterocycles. The van der Waals surface area contributed by atoms with E-state index >= 15 is 0 Å². The van der Waals surface area contributed by atoms with E-state index in [4.69, 9.17) is 4.84 Å². The van der Waals surface area contributed by atoms with Gasteiger partial charge in [-0.2, -0.15) is 31.8 Å². The summed E-state index contributed by atoms with van der Waals surface area (Å²) in [4.78, 5) is 5.05. The lowest BCUT2D eigenvalue weighted by Crippen LogP contribution is -2.35. The van der Waals surface area contributed by atoms with E-state index in [0.717, 1.165) is 0 Å². The van der Waals surface area contributed by atoms with E-state index in [1.807, 2.05) is 0 Å². The molecule has 136 valence electrons. The Morgan fingerprint density at radius 2 is 1.71 bits per heavy atom. The minimum Gasteiger partial charge on any atom is -0.389 e. The molecule has 0 fully saturated rings. The molecule has 1 aliphatic heterocycles. The first-order valence-electron chi connectivity index (χ1n) is 6.62. The van der Waals surface area contributed by atoms with E-state index in [0.29, 0.717) is 4.80 Å². The van der Waals surface area contributed by atoms with Gasteiger partial charge in [0, 0.05) is 6.42 Å². The Bertz CT molecular complexity index is 782. The molecule has 1 aromatic rings. The van der Waals surface area contributed by atoms with E-state index in [1.165, 1.54) is 20.8 Å². The molecule has 0 saturated carbocycles. The number of rotatable bonds is 3. The average molecular weight is 376 g/mol. The van der Waals surface area contributed by atoms with Crippen LogP contribution in [0.25, 0.3) is 0 Å². The summed E-state index contributed by atoms with van der Waals surface area (Å²) in [5.74, 6) is 0. The van der Waals surface area contributed by atoms with Gasteiger partial charge in [0.25, 0.3) is 9.84 Å². The minimum atomic E-state index is -5.56. The molecular formula is C11H13F5N4O3S. The summed E-state index contributed by atoms with van der Waals surface area (Å²) in [6, 6.07) is 0. The lowest BCUT2D eigenvalue weighted by atomic mass is 10.1. The van der Waals surface area contributed by atoms with Gasteiger partial charge in [-0.1, -0.05) is 5.16 Å². The van der Waals surface area contributed by atoms with Crippen LogP contribution in [0.5, 0.6) is 0 Å². The molecule has 0 aromatic carbocycles. The summed E-state index contributed by atoms with van der Waals surface area (Å²) in [6.07, 6.45) is -5.80. The lowest BCUT2D eigenvalue weighted by Gasteiger charge is -2.17. The largest absolute Gasteiger partial charge is 0.437 e. The summed E-state index contributed by atoms with van der Waals surface area (Å²) < 4.78 is 91.9. The van der Waals surface area contributed by atoms with Crippen molar-refractivity contribution in [3.8, 4) is 0 Å². The number of halogens is 5. The normalized spacial score (nSPS) is 18.4. The predicted octanol–water partition coefficient (Wildman–Crippen LogP) is 2.29. The molecule has 1 aliphatic rings. The van der Waals surface area contributed by atoms with Crippen LogP contribution in [0.15, 0.2) is 5.16 Å². The summed E-state index contributed by atoms with van der Waals surface area (Å²) >= 11 is 0. The Morgan fingerprint density at radius 1 is 1.17 bits per heavy atom. The van der Waals surface area contributed by atoms with Crippen molar-refractivity contribution in [2.45, 2.75) is 50.8 Å². The van der Waals surface area contributed by atoms with Crippen molar-refractivity contribution in [1.82, 2.24) is 15.0 Å². The second kappa shape index (κ2) is 5.36. The van der Waals surface area contributed by atoms with Gasteiger partial charge in [-0.3, -0.25) is 0 Å². The fourth-order valence-electron chi connectivity index (χ4n) is 1.90. The van der Waals surface area contributed by atoms with Gasteiger partial charge in [0.15, 0.2) is 16.4 Å². The quantitative estimate of drug-likeness (QED) is 0.756. The number of oxime groups is 1. The van der Waals surface area contributed by atoms with Crippen LogP contribution in [0.1, 0.15) is 38.6 Å². The monoisotopic (exact) mass is 376 g/mol. The number of hydrogen-bond acceptors (Lipinski definition) is 6. The van der Waals surface area contributed by atoms with Crippen LogP contribution in [-0.2, 0) is 32.7 Å². The van der Waals surface area contributed by atoms with Crippen LogP contribution < -0.4 is 0 Å². The van der Waals surface area contributed by atoms with Gasteiger partial charge in [0.05, 0.1) is 6.54 Å². The van der Waals surface area contributed by atoms with Crippen molar-refractivity contribution in [2.75, 3.05) is 0 Å². The molecule has 24 heavy (non-hydrogen) atoms.